The Balaban J connectivity index is 2.90. The normalized spacial score (nSPS) is 22.1. The highest BCUT2D eigenvalue weighted by Gasteiger charge is 2.41. The van der Waals surface area contributed by atoms with Crippen molar-refractivity contribution in [3.05, 3.63) is 0 Å². The molecule has 0 saturated carbocycles. The first-order valence-electron chi connectivity index (χ1n) is 4.06. The van der Waals surface area contributed by atoms with Gasteiger partial charge in [-0.25, -0.2) is 0 Å². The Morgan fingerprint density at radius 1 is 1.33 bits per heavy atom. The lowest BCUT2D eigenvalue weighted by Gasteiger charge is -2.22. The van der Waals surface area contributed by atoms with Crippen molar-refractivity contribution >= 4 is 11.8 Å². The largest absolute Gasteiger partial charge is 0.464 e. The van der Waals surface area contributed by atoms with Crippen LogP contribution in [0.1, 0.15) is 34.6 Å². The molecule has 0 unspecified atom stereocenters. The molecule has 1 amide bonds. The van der Waals surface area contributed by atoms with Gasteiger partial charge in [-0.15, -0.1) is 0 Å². The minimum absolute atomic E-state index is 0.177. The maximum Gasteiger partial charge on any atom is 0.292 e. The summed E-state index contributed by atoms with van der Waals surface area (Å²) in [7, 11) is 0. The zero-order valence-corrected chi connectivity index (χ0v) is 8.26. The number of ether oxygens (including phenoxy) is 1. The molecule has 0 bridgehead atoms. The lowest BCUT2D eigenvalue weighted by Crippen LogP contribution is -2.31. The Morgan fingerprint density at radius 3 is 2.00 bits per heavy atom. The van der Waals surface area contributed by atoms with E-state index in [-0.39, 0.29) is 11.3 Å². The molecule has 0 radical (unpaired) electrons. The van der Waals surface area contributed by atoms with Gasteiger partial charge in [0.15, 0.2) is 11.5 Å². The third-order valence-electron chi connectivity index (χ3n) is 1.71. The Kier molecular flexibility index (Phi) is 1.78. The molecule has 0 aliphatic carbocycles. The number of hydrogen-bond acceptors (Lipinski definition) is 2. The van der Waals surface area contributed by atoms with Crippen molar-refractivity contribution in [1.82, 2.24) is 0 Å². The molecule has 0 saturated heterocycles. The van der Waals surface area contributed by atoms with Crippen molar-refractivity contribution in [1.29, 1.82) is 0 Å². The molecule has 1 rings (SSSR count). The maximum atomic E-state index is 11.2. The second-order valence-electron chi connectivity index (χ2n) is 4.58. The molecule has 0 fully saturated rings. The number of rotatable bonds is 0. The molecule has 12 heavy (non-hydrogen) atoms. The van der Waals surface area contributed by atoms with E-state index in [9.17, 15) is 4.79 Å². The molecule has 0 atom stereocenters. The summed E-state index contributed by atoms with van der Waals surface area (Å²) in [5.74, 6) is 0.352. The van der Waals surface area contributed by atoms with Gasteiger partial charge >= 0.3 is 0 Å². The Labute approximate surface area is 72.8 Å². The van der Waals surface area contributed by atoms with Gasteiger partial charge in [-0.3, -0.25) is 4.79 Å². The van der Waals surface area contributed by atoms with E-state index in [0.29, 0.717) is 5.90 Å². The minimum atomic E-state index is -0.761. The molecular formula is C9H15NO2. The summed E-state index contributed by atoms with van der Waals surface area (Å²) < 4.78 is 5.43. The second kappa shape index (κ2) is 2.31. The van der Waals surface area contributed by atoms with Crippen molar-refractivity contribution in [3.63, 3.8) is 0 Å². The molecule has 0 aromatic heterocycles. The highest BCUT2D eigenvalue weighted by atomic mass is 16.5. The van der Waals surface area contributed by atoms with Crippen molar-refractivity contribution in [2.75, 3.05) is 0 Å². The minimum Gasteiger partial charge on any atom is -0.464 e. The summed E-state index contributed by atoms with van der Waals surface area (Å²) in [5.41, 5.74) is -0.938. The monoisotopic (exact) mass is 169 g/mol. The predicted molar refractivity (Wildman–Crippen MR) is 47.1 cm³/mol. The van der Waals surface area contributed by atoms with Gasteiger partial charge in [0.1, 0.15) is 0 Å². The van der Waals surface area contributed by atoms with Gasteiger partial charge in [0, 0.05) is 5.41 Å². The highest BCUT2D eigenvalue weighted by Crippen LogP contribution is 2.28. The van der Waals surface area contributed by atoms with Crippen LogP contribution in [0.25, 0.3) is 0 Å². The molecule has 0 spiro atoms. The van der Waals surface area contributed by atoms with E-state index in [1.54, 1.807) is 13.8 Å². The smallest absolute Gasteiger partial charge is 0.292 e. The molecule has 0 N–H and O–H groups in total. The number of amides is 1. The molecule has 3 heteroatoms. The molecule has 0 aromatic carbocycles. The first-order valence-corrected chi connectivity index (χ1v) is 4.06. The van der Waals surface area contributed by atoms with E-state index in [0.717, 1.165) is 0 Å². The molecule has 1 aliphatic rings. The molecule has 1 aliphatic heterocycles. The van der Waals surface area contributed by atoms with Gasteiger partial charge in [-0.05, 0) is 13.8 Å². The molecule has 68 valence electrons. The fraction of sp³-hybridized carbons (Fsp3) is 0.778. The van der Waals surface area contributed by atoms with Gasteiger partial charge < -0.3 is 4.74 Å². The highest BCUT2D eigenvalue weighted by molar-refractivity contribution is 6.03. The molecular weight excluding hydrogens is 154 g/mol. The summed E-state index contributed by atoms with van der Waals surface area (Å²) in [4.78, 5) is 15.1. The quantitative estimate of drug-likeness (QED) is 0.554. The lowest BCUT2D eigenvalue weighted by atomic mass is 9.97. The lowest BCUT2D eigenvalue weighted by molar-refractivity contribution is -0.128. The number of carbonyl (C=O) groups is 1. The number of aliphatic imine (C=N–C) groups is 1. The van der Waals surface area contributed by atoms with Crippen molar-refractivity contribution in [2.24, 2.45) is 10.4 Å². The van der Waals surface area contributed by atoms with Crippen molar-refractivity contribution < 1.29 is 9.53 Å². The van der Waals surface area contributed by atoms with Crippen LogP contribution in [0.5, 0.6) is 0 Å². The van der Waals surface area contributed by atoms with E-state index < -0.39 is 5.60 Å². The maximum absolute atomic E-state index is 11.2. The van der Waals surface area contributed by atoms with Gasteiger partial charge in [0.05, 0.1) is 0 Å². The van der Waals surface area contributed by atoms with Crippen LogP contribution in [0.4, 0.5) is 0 Å². The fourth-order valence-corrected chi connectivity index (χ4v) is 0.856. The molecule has 3 nitrogen and oxygen atoms in total. The van der Waals surface area contributed by atoms with E-state index in [4.69, 9.17) is 4.74 Å². The number of carbonyl (C=O) groups excluding carboxylic acids is 1. The Hall–Kier alpha value is -0.860. The first-order chi connectivity index (χ1) is 5.23. The van der Waals surface area contributed by atoms with Crippen LogP contribution >= 0.6 is 0 Å². The topological polar surface area (TPSA) is 38.7 Å². The van der Waals surface area contributed by atoms with Crippen molar-refractivity contribution in [3.8, 4) is 0 Å². The zero-order valence-electron chi connectivity index (χ0n) is 8.26. The van der Waals surface area contributed by atoms with Crippen LogP contribution in [-0.4, -0.2) is 17.4 Å². The van der Waals surface area contributed by atoms with Crippen LogP contribution in [0, 0.1) is 5.41 Å². The van der Waals surface area contributed by atoms with Gasteiger partial charge in [-0.2, -0.15) is 4.99 Å². The number of nitrogens with zero attached hydrogens (tertiary/aromatic N) is 1. The summed E-state index contributed by atoms with van der Waals surface area (Å²) in [6.07, 6.45) is 0. The van der Waals surface area contributed by atoms with E-state index in [1.165, 1.54) is 0 Å². The predicted octanol–water partition coefficient (Wildman–Crippen LogP) is 1.77. The Bertz CT molecular complexity index is 246. The SMILES string of the molecule is CC(C)(C)C1=NC(=O)C(C)(C)O1. The van der Waals surface area contributed by atoms with Crippen molar-refractivity contribution in [2.45, 2.75) is 40.2 Å². The summed E-state index contributed by atoms with van der Waals surface area (Å²) in [6.45, 7) is 9.39. The first kappa shape index (κ1) is 9.23. The standard InChI is InChI=1S/C9H15NO2/c1-8(2,3)7-10-6(11)9(4,5)12-7/h1-5H3. The van der Waals surface area contributed by atoms with Crippen LogP contribution in [-0.2, 0) is 9.53 Å². The third-order valence-corrected chi connectivity index (χ3v) is 1.71. The van der Waals surface area contributed by atoms with Crippen LogP contribution in [0.15, 0.2) is 4.99 Å². The van der Waals surface area contributed by atoms with E-state index in [2.05, 4.69) is 4.99 Å². The van der Waals surface area contributed by atoms with Crippen LogP contribution < -0.4 is 0 Å². The second-order valence-corrected chi connectivity index (χ2v) is 4.58. The molecule has 0 aromatic rings. The summed E-state index contributed by atoms with van der Waals surface area (Å²) in [5, 5.41) is 0. The average Bonchev–Trinajstić information content (AvgIpc) is 2.06. The summed E-state index contributed by atoms with van der Waals surface area (Å²) >= 11 is 0. The van der Waals surface area contributed by atoms with Gasteiger partial charge in [0.2, 0.25) is 0 Å². The van der Waals surface area contributed by atoms with Gasteiger partial charge in [-0.1, -0.05) is 20.8 Å². The third kappa shape index (κ3) is 1.49. The fourth-order valence-electron chi connectivity index (χ4n) is 0.856. The van der Waals surface area contributed by atoms with Crippen LogP contribution in [0.3, 0.4) is 0 Å². The summed E-state index contributed by atoms with van der Waals surface area (Å²) in [6, 6.07) is 0. The zero-order chi connectivity index (χ0) is 9.57. The molecule has 1 heterocycles. The van der Waals surface area contributed by atoms with Gasteiger partial charge in [0.25, 0.3) is 5.91 Å². The number of hydrogen-bond donors (Lipinski definition) is 0. The Morgan fingerprint density at radius 2 is 1.83 bits per heavy atom. The van der Waals surface area contributed by atoms with Crippen LogP contribution in [0.2, 0.25) is 0 Å². The van der Waals surface area contributed by atoms with E-state index in [1.807, 2.05) is 20.8 Å². The average molecular weight is 169 g/mol. The van der Waals surface area contributed by atoms with E-state index >= 15 is 0 Å².